The summed E-state index contributed by atoms with van der Waals surface area (Å²) in [6, 6.07) is 6.39. The predicted octanol–water partition coefficient (Wildman–Crippen LogP) is 4.40. The Morgan fingerprint density at radius 2 is 2.33 bits per heavy atom. The van der Waals surface area contributed by atoms with Gasteiger partial charge in [0, 0.05) is 11.4 Å². The fourth-order valence-corrected chi connectivity index (χ4v) is 3.02. The fourth-order valence-electron chi connectivity index (χ4n) is 2.47. The molecule has 0 amide bonds. The molecule has 1 aliphatic rings. The third-order valence-corrected chi connectivity index (χ3v) is 4.53. The molecule has 2 nitrogen and oxygen atoms in total. The third kappa shape index (κ3) is 3.48. The summed E-state index contributed by atoms with van der Waals surface area (Å²) in [7, 11) is 1.71. The average molecular weight is 313 g/mol. The van der Waals surface area contributed by atoms with E-state index in [1.807, 2.05) is 6.07 Å². The summed E-state index contributed by atoms with van der Waals surface area (Å²) < 4.78 is 10.9. The molecule has 2 unspecified atom stereocenters. The molecule has 1 aromatic rings. The predicted molar refractivity (Wildman–Crippen MR) is 77.6 cm³/mol. The van der Waals surface area contributed by atoms with Crippen LogP contribution in [0.25, 0.3) is 0 Å². The van der Waals surface area contributed by atoms with Crippen molar-refractivity contribution in [3.63, 3.8) is 0 Å². The van der Waals surface area contributed by atoms with Gasteiger partial charge in [-0.3, -0.25) is 0 Å². The van der Waals surface area contributed by atoms with Crippen molar-refractivity contribution in [3.05, 3.63) is 29.3 Å². The van der Waals surface area contributed by atoms with E-state index in [2.05, 4.69) is 35.0 Å². The van der Waals surface area contributed by atoms with Crippen molar-refractivity contribution in [2.45, 2.75) is 43.5 Å². The van der Waals surface area contributed by atoms with Gasteiger partial charge in [0.25, 0.3) is 0 Å². The summed E-state index contributed by atoms with van der Waals surface area (Å²) in [5.74, 6) is 0.956. The molecule has 1 saturated heterocycles. The van der Waals surface area contributed by atoms with Crippen LogP contribution < -0.4 is 4.74 Å². The van der Waals surface area contributed by atoms with Crippen molar-refractivity contribution in [3.8, 4) is 5.75 Å². The highest BCUT2D eigenvalue weighted by molar-refractivity contribution is 9.09. The number of benzene rings is 1. The van der Waals surface area contributed by atoms with E-state index in [1.165, 1.54) is 24.0 Å². The van der Waals surface area contributed by atoms with E-state index in [4.69, 9.17) is 9.47 Å². The summed E-state index contributed by atoms with van der Waals surface area (Å²) in [4.78, 5) is 0.409. The van der Waals surface area contributed by atoms with Crippen molar-refractivity contribution in [2.24, 2.45) is 0 Å². The summed E-state index contributed by atoms with van der Waals surface area (Å²) >= 11 is 3.78. The van der Waals surface area contributed by atoms with Crippen LogP contribution in [0.4, 0.5) is 0 Å². The summed E-state index contributed by atoms with van der Waals surface area (Å²) in [6.07, 6.45) is 5.18. The second kappa shape index (κ2) is 6.58. The van der Waals surface area contributed by atoms with Gasteiger partial charge in [-0.1, -0.05) is 28.1 Å². The van der Waals surface area contributed by atoms with Gasteiger partial charge < -0.3 is 9.47 Å². The Labute approximate surface area is 118 Å². The zero-order valence-electron chi connectivity index (χ0n) is 11.1. The standard InChI is InChI=1S/C15H21BrO2/c1-11-10-12(5-8-15(11)17-2)14(16)7-6-13-4-3-9-18-13/h5,8,10,13-14H,3-4,6-7,9H2,1-2H3. The molecule has 0 saturated carbocycles. The lowest BCUT2D eigenvalue weighted by atomic mass is 10.0. The molecule has 100 valence electrons. The van der Waals surface area contributed by atoms with Gasteiger partial charge in [0.15, 0.2) is 0 Å². The van der Waals surface area contributed by atoms with E-state index in [1.54, 1.807) is 7.11 Å². The van der Waals surface area contributed by atoms with E-state index in [-0.39, 0.29) is 0 Å². The van der Waals surface area contributed by atoms with Gasteiger partial charge in [0.2, 0.25) is 0 Å². The molecule has 0 aliphatic carbocycles. The Morgan fingerprint density at radius 1 is 1.50 bits per heavy atom. The van der Waals surface area contributed by atoms with Crippen molar-refractivity contribution in [2.75, 3.05) is 13.7 Å². The lowest BCUT2D eigenvalue weighted by Gasteiger charge is -2.15. The fraction of sp³-hybridized carbons (Fsp3) is 0.600. The van der Waals surface area contributed by atoms with E-state index in [9.17, 15) is 0 Å². The van der Waals surface area contributed by atoms with Crippen molar-refractivity contribution in [1.82, 2.24) is 0 Å². The minimum absolute atomic E-state index is 0.409. The van der Waals surface area contributed by atoms with Crippen LogP contribution in [0.3, 0.4) is 0 Å². The highest BCUT2D eigenvalue weighted by Gasteiger charge is 2.17. The van der Waals surface area contributed by atoms with Gasteiger partial charge >= 0.3 is 0 Å². The zero-order chi connectivity index (χ0) is 13.0. The molecule has 1 aromatic carbocycles. The lowest BCUT2D eigenvalue weighted by molar-refractivity contribution is 0.102. The molecule has 2 rings (SSSR count). The van der Waals surface area contributed by atoms with Crippen LogP contribution in [0.1, 0.15) is 41.6 Å². The van der Waals surface area contributed by atoms with E-state index >= 15 is 0 Å². The zero-order valence-corrected chi connectivity index (χ0v) is 12.7. The number of halogens is 1. The van der Waals surface area contributed by atoms with E-state index < -0.39 is 0 Å². The van der Waals surface area contributed by atoms with Crippen molar-refractivity contribution in [1.29, 1.82) is 0 Å². The van der Waals surface area contributed by atoms with Crippen molar-refractivity contribution < 1.29 is 9.47 Å². The van der Waals surface area contributed by atoms with Crippen LogP contribution in [0.5, 0.6) is 5.75 Å². The topological polar surface area (TPSA) is 18.5 Å². The summed E-state index contributed by atoms with van der Waals surface area (Å²) in [6.45, 7) is 3.03. The van der Waals surface area contributed by atoms with E-state index in [0.717, 1.165) is 25.2 Å². The number of methoxy groups -OCH3 is 1. The Morgan fingerprint density at radius 3 is 2.94 bits per heavy atom. The number of rotatable bonds is 5. The van der Waals surface area contributed by atoms with Gasteiger partial charge in [0.05, 0.1) is 13.2 Å². The van der Waals surface area contributed by atoms with Gasteiger partial charge in [-0.2, -0.15) is 0 Å². The molecule has 0 spiro atoms. The molecular weight excluding hydrogens is 292 g/mol. The Bertz CT molecular complexity index is 386. The molecule has 0 radical (unpaired) electrons. The van der Waals surface area contributed by atoms with Gasteiger partial charge in [-0.25, -0.2) is 0 Å². The minimum atomic E-state index is 0.409. The Balaban J connectivity index is 1.91. The largest absolute Gasteiger partial charge is 0.496 e. The normalized spacial score (nSPS) is 20.9. The molecule has 1 heterocycles. The molecule has 0 bridgehead atoms. The first-order valence-corrected chi connectivity index (χ1v) is 7.52. The maximum atomic E-state index is 5.66. The van der Waals surface area contributed by atoms with Crippen LogP contribution in [0.15, 0.2) is 18.2 Å². The maximum Gasteiger partial charge on any atom is 0.121 e. The first kappa shape index (κ1) is 13.9. The van der Waals surface area contributed by atoms with Gasteiger partial charge in [0.1, 0.15) is 5.75 Å². The van der Waals surface area contributed by atoms with Crippen LogP contribution in [-0.2, 0) is 4.74 Å². The quantitative estimate of drug-likeness (QED) is 0.750. The molecule has 2 atom stereocenters. The summed E-state index contributed by atoms with van der Waals surface area (Å²) in [5, 5.41) is 0. The number of hydrogen-bond acceptors (Lipinski definition) is 2. The smallest absolute Gasteiger partial charge is 0.121 e. The average Bonchev–Trinajstić information content (AvgIpc) is 2.89. The van der Waals surface area contributed by atoms with Gasteiger partial charge in [-0.15, -0.1) is 0 Å². The number of alkyl halides is 1. The molecule has 1 fully saturated rings. The lowest BCUT2D eigenvalue weighted by Crippen LogP contribution is -2.06. The highest BCUT2D eigenvalue weighted by Crippen LogP contribution is 2.32. The van der Waals surface area contributed by atoms with Crippen LogP contribution in [0.2, 0.25) is 0 Å². The van der Waals surface area contributed by atoms with E-state index in [0.29, 0.717) is 10.9 Å². The number of hydrogen-bond donors (Lipinski definition) is 0. The molecular formula is C15H21BrO2. The minimum Gasteiger partial charge on any atom is -0.496 e. The second-order valence-electron chi connectivity index (χ2n) is 4.91. The number of ether oxygens (including phenoxy) is 2. The van der Waals surface area contributed by atoms with Crippen molar-refractivity contribution >= 4 is 15.9 Å². The first-order valence-electron chi connectivity index (χ1n) is 6.61. The van der Waals surface area contributed by atoms with Crippen LogP contribution in [-0.4, -0.2) is 19.8 Å². The molecule has 0 N–H and O–H groups in total. The van der Waals surface area contributed by atoms with Crippen LogP contribution in [0, 0.1) is 6.92 Å². The first-order chi connectivity index (χ1) is 8.70. The monoisotopic (exact) mass is 312 g/mol. The molecule has 0 aromatic heterocycles. The second-order valence-corrected chi connectivity index (χ2v) is 6.01. The maximum absolute atomic E-state index is 5.66. The molecule has 3 heteroatoms. The molecule has 1 aliphatic heterocycles. The number of aryl methyl sites for hydroxylation is 1. The Hall–Kier alpha value is -0.540. The summed E-state index contributed by atoms with van der Waals surface area (Å²) in [5.41, 5.74) is 2.52. The third-order valence-electron chi connectivity index (χ3n) is 3.55. The van der Waals surface area contributed by atoms with Crippen LogP contribution >= 0.6 is 15.9 Å². The highest BCUT2D eigenvalue weighted by atomic mass is 79.9. The Kier molecular flexibility index (Phi) is 5.07. The molecule has 18 heavy (non-hydrogen) atoms. The van der Waals surface area contributed by atoms with Gasteiger partial charge in [-0.05, 0) is 49.8 Å². The SMILES string of the molecule is COc1ccc(C(Br)CCC2CCCO2)cc1C.